The molecule has 5 rings (SSSR count). The maximum absolute atomic E-state index is 12.5. The Kier molecular flexibility index (Phi) is 8.68. The summed E-state index contributed by atoms with van der Waals surface area (Å²) in [5, 5.41) is 13.6. The zero-order valence-corrected chi connectivity index (χ0v) is 22.7. The Hall–Kier alpha value is -4.69. The molecule has 0 aliphatic rings. The summed E-state index contributed by atoms with van der Waals surface area (Å²) in [4.78, 5) is 16.9. The molecule has 9 heteroatoms. The van der Waals surface area contributed by atoms with Crippen LogP contribution in [0.5, 0.6) is 11.5 Å². The summed E-state index contributed by atoms with van der Waals surface area (Å²) in [5.41, 5.74) is 4.12. The van der Waals surface area contributed by atoms with E-state index < -0.39 is 0 Å². The molecule has 8 nitrogen and oxygen atoms in total. The van der Waals surface area contributed by atoms with Crippen molar-refractivity contribution in [3.63, 3.8) is 0 Å². The number of nitrogens with one attached hydrogen (secondary N) is 1. The van der Waals surface area contributed by atoms with Gasteiger partial charge in [0.05, 0.1) is 18.8 Å². The summed E-state index contributed by atoms with van der Waals surface area (Å²) < 4.78 is 12.8. The molecule has 0 aliphatic carbocycles. The maximum atomic E-state index is 12.5. The average molecular weight is 554 g/mol. The third kappa shape index (κ3) is 7.03. The van der Waals surface area contributed by atoms with Crippen molar-refractivity contribution in [1.29, 1.82) is 0 Å². The number of ketones is 1. The number of anilines is 1. The lowest BCUT2D eigenvalue weighted by molar-refractivity contribution is 0.104. The number of fused-ring (bicyclic) bond motifs is 1. The zero-order chi connectivity index (χ0) is 27.7. The Morgan fingerprint density at radius 3 is 2.62 bits per heavy atom. The predicted molar refractivity (Wildman–Crippen MR) is 157 cm³/mol. The van der Waals surface area contributed by atoms with E-state index in [-0.39, 0.29) is 12.4 Å². The molecule has 0 atom stereocenters. The van der Waals surface area contributed by atoms with Gasteiger partial charge in [-0.3, -0.25) is 14.5 Å². The molecule has 40 heavy (non-hydrogen) atoms. The van der Waals surface area contributed by atoms with Crippen LogP contribution in [0.1, 0.15) is 28.0 Å². The Balaban J connectivity index is 1.06. The Morgan fingerprint density at radius 1 is 1.02 bits per heavy atom. The first kappa shape index (κ1) is 26.9. The summed E-state index contributed by atoms with van der Waals surface area (Å²) >= 11 is 6.08. The molecular formula is C31H28ClN5O3. The predicted octanol–water partition coefficient (Wildman–Crippen LogP) is 6.47. The topological polar surface area (TPSA) is 91.2 Å². The minimum absolute atomic E-state index is 0.0821. The Bertz CT molecular complexity index is 1610. The van der Waals surface area contributed by atoms with Gasteiger partial charge in [-0.25, -0.2) is 0 Å². The zero-order valence-electron chi connectivity index (χ0n) is 22.0. The minimum atomic E-state index is -0.0821. The van der Waals surface area contributed by atoms with Gasteiger partial charge >= 0.3 is 0 Å². The monoisotopic (exact) mass is 553 g/mol. The van der Waals surface area contributed by atoms with E-state index in [1.807, 2.05) is 59.4 Å². The van der Waals surface area contributed by atoms with Gasteiger partial charge in [0.25, 0.3) is 0 Å². The number of hydrogen-bond acceptors (Lipinski definition) is 7. The molecule has 3 aromatic carbocycles. The highest BCUT2D eigenvalue weighted by atomic mass is 35.5. The van der Waals surface area contributed by atoms with Crippen LogP contribution in [0.2, 0.25) is 5.02 Å². The van der Waals surface area contributed by atoms with E-state index in [4.69, 9.17) is 21.1 Å². The van der Waals surface area contributed by atoms with Gasteiger partial charge in [-0.2, -0.15) is 0 Å². The molecule has 2 heterocycles. The molecule has 0 spiro atoms. The molecule has 0 radical (unpaired) electrons. The molecule has 0 fully saturated rings. The molecule has 2 aromatic heterocycles. The number of carbonyl (C=O) groups excluding carboxylic acids is 1. The number of halogens is 1. The number of rotatable bonds is 12. The fourth-order valence-corrected chi connectivity index (χ4v) is 4.28. The van der Waals surface area contributed by atoms with E-state index in [0.717, 1.165) is 53.1 Å². The van der Waals surface area contributed by atoms with Gasteiger partial charge < -0.3 is 14.8 Å². The number of carbonyl (C=O) groups is 1. The second-order valence-electron chi connectivity index (χ2n) is 9.06. The number of pyridine rings is 1. The van der Waals surface area contributed by atoms with Crippen molar-refractivity contribution in [2.24, 2.45) is 0 Å². The second kappa shape index (κ2) is 12.9. The van der Waals surface area contributed by atoms with Crippen molar-refractivity contribution in [3.05, 3.63) is 113 Å². The first-order valence-corrected chi connectivity index (χ1v) is 13.2. The van der Waals surface area contributed by atoms with Gasteiger partial charge in [0.2, 0.25) is 0 Å². The lowest BCUT2D eigenvalue weighted by Gasteiger charge is -2.09. The van der Waals surface area contributed by atoms with Crippen LogP contribution in [-0.4, -0.2) is 39.4 Å². The standard InChI is InChI=1S/C31H28ClN5O3/c1-39-26-9-3-22(4-10-26)5-14-31(38)23-6-11-27(12-7-23)40-21-25-20-37(36-35-25)18-2-16-33-29-15-17-34-30-19-24(32)8-13-28(29)30/h3-15,17,19-20H,2,16,18,21H2,1H3,(H,33,34)/b14-5+. The van der Waals surface area contributed by atoms with E-state index in [2.05, 4.69) is 20.6 Å². The number of methoxy groups -OCH3 is 1. The van der Waals surface area contributed by atoms with Crippen molar-refractivity contribution in [2.75, 3.05) is 19.0 Å². The van der Waals surface area contributed by atoms with E-state index in [9.17, 15) is 4.79 Å². The van der Waals surface area contributed by atoms with Crippen LogP contribution in [0.4, 0.5) is 5.69 Å². The summed E-state index contributed by atoms with van der Waals surface area (Å²) in [6, 6.07) is 22.2. The summed E-state index contributed by atoms with van der Waals surface area (Å²) in [5.74, 6) is 1.35. The fraction of sp³-hybridized carbons (Fsp3) is 0.161. The van der Waals surface area contributed by atoms with Crippen LogP contribution in [0.15, 0.2) is 91.3 Å². The number of aromatic nitrogens is 4. The highest BCUT2D eigenvalue weighted by Crippen LogP contribution is 2.24. The molecule has 202 valence electrons. The maximum Gasteiger partial charge on any atom is 0.185 e. The fourth-order valence-electron chi connectivity index (χ4n) is 4.11. The van der Waals surface area contributed by atoms with E-state index in [1.165, 1.54) is 0 Å². The number of nitrogens with zero attached hydrogens (tertiary/aromatic N) is 4. The van der Waals surface area contributed by atoms with Crippen molar-refractivity contribution in [1.82, 2.24) is 20.0 Å². The number of ether oxygens (including phenoxy) is 2. The van der Waals surface area contributed by atoms with Gasteiger partial charge in [0, 0.05) is 40.9 Å². The SMILES string of the molecule is COc1ccc(/C=C/C(=O)c2ccc(OCc3cn(CCCNc4ccnc5cc(Cl)ccc45)nn3)cc2)cc1. The number of allylic oxidation sites excluding steroid dienone is 1. The number of aryl methyl sites for hydroxylation is 1. The van der Waals surface area contributed by atoms with Gasteiger partial charge in [0.15, 0.2) is 5.78 Å². The largest absolute Gasteiger partial charge is 0.497 e. The minimum Gasteiger partial charge on any atom is -0.497 e. The van der Waals surface area contributed by atoms with Gasteiger partial charge in [-0.05, 0) is 78.7 Å². The summed E-state index contributed by atoms with van der Waals surface area (Å²) in [6.07, 6.45) is 7.86. The molecule has 1 N–H and O–H groups in total. The third-order valence-electron chi connectivity index (χ3n) is 6.24. The van der Waals surface area contributed by atoms with Crippen molar-refractivity contribution in [3.8, 4) is 11.5 Å². The van der Waals surface area contributed by atoms with E-state index >= 15 is 0 Å². The molecule has 0 bridgehead atoms. The lowest BCUT2D eigenvalue weighted by atomic mass is 10.1. The van der Waals surface area contributed by atoms with Crippen molar-refractivity contribution < 1.29 is 14.3 Å². The molecule has 0 aliphatic heterocycles. The number of hydrogen-bond donors (Lipinski definition) is 1. The van der Waals surface area contributed by atoms with Crippen LogP contribution < -0.4 is 14.8 Å². The Morgan fingerprint density at radius 2 is 1.82 bits per heavy atom. The quantitative estimate of drug-likeness (QED) is 0.108. The average Bonchev–Trinajstić information content (AvgIpc) is 3.45. The van der Waals surface area contributed by atoms with Gasteiger partial charge in [-0.15, -0.1) is 5.10 Å². The first-order chi connectivity index (χ1) is 19.6. The lowest BCUT2D eigenvalue weighted by Crippen LogP contribution is -2.07. The molecule has 0 unspecified atom stereocenters. The van der Waals surface area contributed by atoms with Crippen LogP contribution in [0.25, 0.3) is 17.0 Å². The van der Waals surface area contributed by atoms with E-state index in [1.54, 1.807) is 49.7 Å². The van der Waals surface area contributed by atoms with E-state index in [0.29, 0.717) is 16.3 Å². The van der Waals surface area contributed by atoms with Gasteiger partial charge in [0.1, 0.15) is 23.8 Å². The molecule has 5 aromatic rings. The summed E-state index contributed by atoms with van der Waals surface area (Å²) in [7, 11) is 1.62. The highest BCUT2D eigenvalue weighted by Gasteiger charge is 2.06. The highest BCUT2D eigenvalue weighted by molar-refractivity contribution is 6.31. The van der Waals surface area contributed by atoms with Crippen molar-refractivity contribution >= 4 is 40.1 Å². The smallest absolute Gasteiger partial charge is 0.185 e. The second-order valence-corrected chi connectivity index (χ2v) is 9.49. The number of benzene rings is 3. The van der Waals surface area contributed by atoms with Crippen LogP contribution in [0.3, 0.4) is 0 Å². The molecular weight excluding hydrogens is 526 g/mol. The first-order valence-electron chi connectivity index (χ1n) is 12.8. The van der Waals surface area contributed by atoms with Gasteiger partial charge in [-0.1, -0.05) is 35.0 Å². The van der Waals surface area contributed by atoms with Crippen LogP contribution in [0, 0.1) is 0 Å². The summed E-state index contributed by atoms with van der Waals surface area (Å²) in [6.45, 7) is 1.78. The molecule has 0 saturated carbocycles. The van der Waals surface area contributed by atoms with Crippen LogP contribution in [-0.2, 0) is 13.2 Å². The Labute approximate surface area is 237 Å². The molecule has 0 amide bonds. The molecule has 0 saturated heterocycles. The third-order valence-corrected chi connectivity index (χ3v) is 6.47. The normalized spacial score (nSPS) is 11.2. The van der Waals surface area contributed by atoms with Crippen LogP contribution >= 0.6 is 11.6 Å². The van der Waals surface area contributed by atoms with Crippen molar-refractivity contribution in [2.45, 2.75) is 19.6 Å².